The van der Waals surface area contributed by atoms with Crippen molar-refractivity contribution in [3.63, 3.8) is 0 Å². The molecule has 0 amide bonds. The molecule has 0 N–H and O–H groups in total. The van der Waals surface area contributed by atoms with Gasteiger partial charge in [-0.05, 0) is 162 Å². The van der Waals surface area contributed by atoms with Crippen LogP contribution >= 0.6 is 11.3 Å². The summed E-state index contributed by atoms with van der Waals surface area (Å²) in [5, 5.41) is 2.67. The Balaban J connectivity index is 0.958. The predicted molar refractivity (Wildman–Crippen MR) is 332 cm³/mol. The molecule has 3 aliphatic carbocycles. The van der Waals surface area contributed by atoms with Crippen molar-refractivity contribution in [3.05, 3.63) is 300 Å². The molecule has 1 spiro atoms. The number of nitrogens with zero attached hydrogens (tertiary/aromatic N) is 2. The van der Waals surface area contributed by atoms with Crippen LogP contribution in [0.25, 0.3) is 86.9 Å². The highest BCUT2D eigenvalue weighted by Gasteiger charge is 2.50. The molecule has 0 fully saturated rings. The summed E-state index contributed by atoms with van der Waals surface area (Å²) < 4.78 is 2.64. The molecule has 13 aromatic rings. The molecule has 17 rings (SSSR count). The fourth-order valence-corrected chi connectivity index (χ4v) is 15.8. The largest absolute Gasteiger partial charge is 0.310 e. The molecule has 3 heteroatoms. The number of hydrogen-bond donors (Lipinski definition) is 0. The minimum atomic E-state index is -0.634. The zero-order valence-corrected chi connectivity index (χ0v) is 44.5. The molecule has 79 heavy (non-hydrogen) atoms. The number of rotatable bonds is 4. The lowest BCUT2D eigenvalue weighted by atomic mass is 9.66. The molecular weight excluding hydrogens is 973 g/mol. The quantitative estimate of drug-likeness (QED) is 0.173. The van der Waals surface area contributed by atoms with E-state index in [1.54, 1.807) is 0 Å². The molecule has 0 bridgehead atoms. The van der Waals surface area contributed by atoms with Gasteiger partial charge >= 0.3 is 0 Å². The summed E-state index contributed by atoms with van der Waals surface area (Å²) in [6, 6.07) is 101. The van der Waals surface area contributed by atoms with Gasteiger partial charge in [0.05, 0.1) is 16.8 Å². The summed E-state index contributed by atoms with van der Waals surface area (Å²) >= 11 is 1.90. The zero-order chi connectivity index (χ0) is 52.1. The van der Waals surface area contributed by atoms with E-state index in [4.69, 9.17) is 0 Å². The molecule has 0 saturated carbocycles. The van der Waals surface area contributed by atoms with Crippen LogP contribution in [-0.4, -0.2) is 0 Å². The highest BCUT2D eigenvalue weighted by Crippen LogP contribution is 2.64. The first kappa shape index (κ1) is 44.6. The molecule has 1 atom stereocenters. The smallest absolute Gasteiger partial charge is 0.0725 e. The van der Waals surface area contributed by atoms with Crippen LogP contribution < -0.4 is 9.80 Å². The van der Waals surface area contributed by atoms with Crippen molar-refractivity contribution in [3.8, 4) is 66.8 Å². The molecule has 1 aliphatic heterocycles. The van der Waals surface area contributed by atoms with Crippen molar-refractivity contribution in [2.45, 2.75) is 24.7 Å². The first-order valence-electron chi connectivity index (χ1n) is 27.6. The predicted octanol–water partition coefficient (Wildman–Crippen LogP) is 21.0. The minimum absolute atomic E-state index is 0.199. The summed E-state index contributed by atoms with van der Waals surface area (Å²) in [4.78, 5) is 4.99. The third kappa shape index (κ3) is 6.06. The van der Waals surface area contributed by atoms with Gasteiger partial charge in [0, 0.05) is 59.5 Å². The second-order valence-corrected chi connectivity index (χ2v) is 23.3. The fourth-order valence-electron chi connectivity index (χ4n) is 14.7. The maximum absolute atomic E-state index is 2.54. The summed E-state index contributed by atoms with van der Waals surface area (Å²) in [6.07, 6.45) is 0. The average Bonchev–Trinajstić information content (AvgIpc) is 4.01. The Kier molecular flexibility index (Phi) is 9.30. The molecule has 370 valence electrons. The Bertz CT molecular complexity index is 4730. The topological polar surface area (TPSA) is 6.48 Å². The Morgan fingerprint density at radius 3 is 1.56 bits per heavy atom. The number of anilines is 6. The highest BCUT2D eigenvalue weighted by atomic mass is 32.1. The fraction of sp³-hybridized carbons (Fsp3) is 0.0526. The minimum Gasteiger partial charge on any atom is -0.310 e. The van der Waals surface area contributed by atoms with E-state index in [1.165, 1.54) is 120 Å². The number of thiophene rings is 1. The third-order valence-corrected chi connectivity index (χ3v) is 19.2. The molecule has 0 saturated heterocycles. The van der Waals surface area contributed by atoms with Crippen LogP contribution in [0.1, 0.15) is 47.2 Å². The van der Waals surface area contributed by atoms with Gasteiger partial charge in [0.1, 0.15) is 0 Å². The number of benzene rings is 12. The maximum atomic E-state index is 2.54. The second-order valence-electron chi connectivity index (χ2n) is 22.2. The van der Waals surface area contributed by atoms with E-state index >= 15 is 0 Å². The van der Waals surface area contributed by atoms with E-state index in [0.29, 0.717) is 0 Å². The number of hydrogen-bond acceptors (Lipinski definition) is 3. The van der Waals surface area contributed by atoms with Crippen molar-refractivity contribution in [1.82, 2.24) is 0 Å². The van der Waals surface area contributed by atoms with E-state index in [-0.39, 0.29) is 5.41 Å². The summed E-state index contributed by atoms with van der Waals surface area (Å²) in [5.41, 5.74) is 28.9. The van der Waals surface area contributed by atoms with E-state index in [0.717, 1.165) is 34.1 Å². The van der Waals surface area contributed by atoms with Crippen molar-refractivity contribution < 1.29 is 0 Å². The average molecular weight is 1020 g/mol. The first-order chi connectivity index (χ1) is 39.0. The molecule has 4 aliphatic rings. The van der Waals surface area contributed by atoms with Gasteiger partial charge in [-0.25, -0.2) is 0 Å². The van der Waals surface area contributed by atoms with Crippen LogP contribution in [-0.2, 0) is 10.8 Å². The lowest BCUT2D eigenvalue weighted by Gasteiger charge is -2.36. The zero-order valence-electron chi connectivity index (χ0n) is 43.7. The lowest BCUT2D eigenvalue weighted by Crippen LogP contribution is -2.29. The molecule has 1 aromatic heterocycles. The van der Waals surface area contributed by atoms with E-state index in [2.05, 4.69) is 291 Å². The van der Waals surface area contributed by atoms with Crippen LogP contribution in [0.4, 0.5) is 34.1 Å². The lowest BCUT2D eigenvalue weighted by molar-refractivity contribution is 0.660. The van der Waals surface area contributed by atoms with Gasteiger partial charge in [-0.15, -0.1) is 11.3 Å². The van der Waals surface area contributed by atoms with Crippen LogP contribution in [0, 0.1) is 0 Å². The van der Waals surface area contributed by atoms with E-state index in [1.807, 2.05) is 11.3 Å². The summed E-state index contributed by atoms with van der Waals surface area (Å²) in [7, 11) is 0. The van der Waals surface area contributed by atoms with Gasteiger partial charge in [-0.1, -0.05) is 208 Å². The van der Waals surface area contributed by atoms with Gasteiger partial charge in [-0.2, -0.15) is 0 Å². The van der Waals surface area contributed by atoms with Gasteiger partial charge < -0.3 is 9.80 Å². The van der Waals surface area contributed by atoms with Crippen molar-refractivity contribution in [2.75, 3.05) is 9.80 Å². The highest BCUT2D eigenvalue weighted by molar-refractivity contribution is 7.26. The Labute approximate surface area is 464 Å². The second kappa shape index (κ2) is 16.5. The maximum Gasteiger partial charge on any atom is 0.0725 e. The molecule has 1 unspecified atom stereocenters. The van der Waals surface area contributed by atoms with E-state index < -0.39 is 5.41 Å². The van der Waals surface area contributed by atoms with Crippen LogP contribution in [0.3, 0.4) is 0 Å². The van der Waals surface area contributed by atoms with Crippen molar-refractivity contribution >= 4 is 65.6 Å². The van der Waals surface area contributed by atoms with Crippen LogP contribution in [0.2, 0.25) is 0 Å². The Morgan fingerprint density at radius 1 is 0.316 bits per heavy atom. The SMILES string of the molecule is CC1(C)c2ccccc2-c2ccc(N(c3ccc4c(c3)-c3ccccc3-c3ccccc3N4c3ccccc3)c3ccc4c(c3)-c3ccccc3-c3ccccc3C43c4ccccc4-c4c3ccc3sc5ccccc5c43)cc21. The Morgan fingerprint density at radius 2 is 0.797 bits per heavy atom. The molecular formula is C76H50N2S. The standard InChI is InChI=1S/C76H50N2S/c1-75(2)63-31-15-10-27-56(63)57-39-36-50(46-68(57)75)77(49-38-42-70-62(45-49)54-25-9-7-23-52(54)58-28-13-18-34-69(58)78(70)47-20-4-3-5-21-47)48-37-40-66-61(44-48)53-24-8-6-22-51(53)55-26-11-16-32-64(55)76(66)65-33-17-12-29-59(65)73-67(76)41-43-72-74(73)60-30-14-19-35-71(60)79-72/h3-46H,1-2H3. The van der Waals surface area contributed by atoms with Crippen molar-refractivity contribution in [1.29, 1.82) is 0 Å². The monoisotopic (exact) mass is 1020 g/mol. The van der Waals surface area contributed by atoms with Gasteiger partial charge in [-0.3, -0.25) is 0 Å². The molecule has 0 radical (unpaired) electrons. The summed E-state index contributed by atoms with van der Waals surface area (Å²) in [6.45, 7) is 4.78. The third-order valence-electron chi connectivity index (χ3n) is 18.0. The van der Waals surface area contributed by atoms with Crippen LogP contribution in [0.15, 0.2) is 267 Å². The van der Waals surface area contributed by atoms with Gasteiger partial charge in [0.2, 0.25) is 0 Å². The molecule has 12 aromatic carbocycles. The van der Waals surface area contributed by atoms with Gasteiger partial charge in [0.25, 0.3) is 0 Å². The summed E-state index contributed by atoms with van der Waals surface area (Å²) in [5.74, 6) is 0. The normalized spacial score (nSPS) is 15.3. The number of fused-ring (bicyclic) bond motifs is 24. The van der Waals surface area contributed by atoms with Crippen LogP contribution in [0.5, 0.6) is 0 Å². The first-order valence-corrected chi connectivity index (χ1v) is 28.4. The molecule has 2 nitrogen and oxygen atoms in total. The van der Waals surface area contributed by atoms with Gasteiger partial charge in [0.15, 0.2) is 0 Å². The Hall–Kier alpha value is -9.54. The van der Waals surface area contributed by atoms with Crippen molar-refractivity contribution in [2.24, 2.45) is 0 Å². The van der Waals surface area contributed by atoms with E-state index in [9.17, 15) is 0 Å². The number of para-hydroxylation sites is 2. The molecule has 2 heterocycles.